The molecule has 2 heteroatoms. The number of aliphatic imine (C=N–C) groups is 1. The average molecular weight is 188 g/mol. The molecule has 0 aliphatic heterocycles. The normalized spacial score (nSPS) is 11.2. The van der Waals surface area contributed by atoms with E-state index in [0.717, 1.165) is 22.7 Å². The van der Waals surface area contributed by atoms with E-state index in [1.165, 1.54) is 0 Å². The quantitative estimate of drug-likeness (QED) is 0.562. The first-order chi connectivity index (χ1) is 6.63. The number of hydrogen-bond acceptors (Lipinski definition) is 2. The van der Waals surface area contributed by atoms with E-state index in [4.69, 9.17) is 5.73 Å². The molecule has 0 radical (unpaired) electrons. The number of nitrogen functional groups attached to an aromatic ring is 1. The lowest BCUT2D eigenvalue weighted by Crippen LogP contribution is -1.88. The van der Waals surface area contributed by atoms with Gasteiger partial charge < -0.3 is 5.73 Å². The summed E-state index contributed by atoms with van der Waals surface area (Å²) in [5.74, 6) is 0. The number of hydrogen-bond donors (Lipinski definition) is 1. The molecule has 0 unspecified atom stereocenters. The molecule has 2 nitrogen and oxygen atoms in total. The summed E-state index contributed by atoms with van der Waals surface area (Å²) in [4.78, 5) is 4.43. The van der Waals surface area contributed by atoms with Gasteiger partial charge in [0.25, 0.3) is 0 Å². The lowest BCUT2D eigenvalue weighted by molar-refractivity contribution is 1.45. The van der Waals surface area contributed by atoms with Gasteiger partial charge in [0.05, 0.1) is 5.70 Å². The number of nitrogens with zero attached hydrogens (tertiary/aromatic N) is 1. The van der Waals surface area contributed by atoms with Crippen molar-refractivity contribution in [2.45, 2.75) is 20.8 Å². The minimum atomic E-state index is 0.779. The molecule has 14 heavy (non-hydrogen) atoms. The SMILES string of the molecule is CC=C(N=C(C)C)c1ccc(N)cc1. The van der Waals surface area contributed by atoms with Gasteiger partial charge in [0.15, 0.2) is 0 Å². The molecule has 0 heterocycles. The lowest BCUT2D eigenvalue weighted by Gasteiger charge is -2.02. The van der Waals surface area contributed by atoms with Crippen LogP contribution < -0.4 is 5.73 Å². The highest BCUT2D eigenvalue weighted by atomic mass is 14.7. The van der Waals surface area contributed by atoms with Crippen molar-refractivity contribution in [2.75, 3.05) is 5.73 Å². The molecule has 0 aromatic heterocycles. The van der Waals surface area contributed by atoms with E-state index in [1.807, 2.05) is 51.1 Å². The Labute approximate surface area is 85.2 Å². The van der Waals surface area contributed by atoms with E-state index in [-0.39, 0.29) is 0 Å². The summed E-state index contributed by atoms with van der Waals surface area (Å²) >= 11 is 0. The van der Waals surface area contributed by atoms with Crippen molar-refractivity contribution in [3.63, 3.8) is 0 Å². The van der Waals surface area contributed by atoms with Gasteiger partial charge in [-0.2, -0.15) is 0 Å². The fourth-order valence-corrected chi connectivity index (χ4v) is 1.19. The van der Waals surface area contributed by atoms with Crippen molar-refractivity contribution >= 4 is 17.1 Å². The molecule has 0 atom stereocenters. The summed E-state index contributed by atoms with van der Waals surface area (Å²) in [5.41, 5.74) is 9.53. The Morgan fingerprint density at radius 3 is 2.21 bits per heavy atom. The van der Waals surface area contributed by atoms with Crippen LogP contribution in [-0.4, -0.2) is 5.71 Å². The number of benzene rings is 1. The zero-order valence-electron chi connectivity index (χ0n) is 8.91. The Bertz CT molecular complexity index is 354. The summed E-state index contributed by atoms with van der Waals surface area (Å²) in [6.07, 6.45) is 2.00. The van der Waals surface area contributed by atoms with Gasteiger partial charge in [-0.15, -0.1) is 0 Å². The first-order valence-corrected chi connectivity index (χ1v) is 4.67. The van der Waals surface area contributed by atoms with E-state index >= 15 is 0 Å². The molecule has 0 aliphatic carbocycles. The highest BCUT2D eigenvalue weighted by Crippen LogP contribution is 2.17. The van der Waals surface area contributed by atoms with Crippen molar-refractivity contribution in [1.29, 1.82) is 0 Å². The molecule has 1 aromatic rings. The molecule has 0 saturated heterocycles. The molecule has 1 aromatic carbocycles. The van der Waals surface area contributed by atoms with Crippen LogP contribution in [0.4, 0.5) is 5.69 Å². The van der Waals surface area contributed by atoms with Gasteiger partial charge in [-0.3, -0.25) is 4.99 Å². The second-order valence-corrected chi connectivity index (χ2v) is 3.35. The molecule has 1 rings (SSSR count). The van der Waals surface area contributed by atoms with Gasteiger partial charge in [0.2, 0.25) is 0 Å². The highest BCUT2D eigenvalue weighted by molar-refractivity contribution is 5.86. The van der Waals surface area contributed by atoms with Gasteiger partial charge >= 0.3 is 0 Å². The third-order valence-electron chi connectivity index (χ3n) is 1.82. The topological polar surface area (TPSA) is 38.4 Å². The second-order valence-electron chi connectivity index (χ2n) is 3.35. The van der Waals surface area contributed by atoms with Crippen LogP contribution in [0.15, 0.2) is 35.3 Å². The fourth-order valence-electron chi connectivity index (χ4n) is 1.19. The zero-order chi connectivity index (χ0) is 10.6. The van der Waals surface area contributed by atoms with Crippen LogP contribution in [0.3, 0.4) is 0 Å². The number of anilines is 1. The summed E-state index contributed by atoms with van der Waals surface area (Å²) in [6.45, 7) is 5.96. The van der Waals surface area contributed by atoms with Crippen LogP contribution in [0.5, 0.6) is 0 Å². The number of nitrogens with two attached hydrogens (primary N) is 1. The second kappa shape index (κ2) is 4.61. The predicted molar refractivity (Wildman–Crippen MR) is 63.3 cm³/mol. The Balaban J connectivity index is 3.03. The van der Waals surface area contributed by atoms with Gasteiger partial charge in [-0.1, -0.05) is 18.2 Å². The molecule has 0 spiro atoms. The van der Waals surface area contributed by atoms with Crippen molar-refractivity contribution < 1.29 is 0 Å². The molecule has 0 aliphatic rings. The van der Waals surface area contributed by atoms with Crippen molar-refractivity contribution in [1.82, 2.24) is 0 Å². The van der Waals surface area contributed by atoms with E-state index in [9.17, 15) is 0 Å². The molecule has 0 bridgehead atoms. The molecule has 74 valence electrons. The average Bonchev–Trinajstić information content (AvgIpc) is 2.15. The predicted octanol–water partition coefficient (Wildman–Crippen LogP) is 3.11. The van der Waals surface area contributed by atoms with E-state index in [2.05, 4.69) is 4.99 Å². The van der Waals surface area contributed by atoms with Gasteiger partial charge in [0, 0.05) is 11.4 Å². The number of allylic oxidation sites excluding steroid dienone is 1. The maximum atomic E-state index is 5.61. The van der Waals surface area contributed by atoms with Crippen molar-refractivity contribution in [3.05, 3.63) is 35.9 Å². The monoisotopic (exact) mass is 188 g/mol. The Morgan fingerprint density at radius 1 is 1.21 bits per heavy atom. The Morgan fingerprint density at radius 2 is 1.79 bits per heavy atom. The van der Waals surface area contributed by atoms with Crippen LogP contribution in [-0.2, 0) is 0 Å². The van der Waals surface area contributed by atoms with Crippen LogP contribution >= 0.6 is 0 Å². The maximum absolute atomic E-state index is 5.61. The third-order valence-corrected chi connectivity index (χ3v) is 1.82. The summed E-state index contributed by atoms with van der Waals surface area (Å²) in [5, 5.41) is 0. The highest BCUT2D eigenvalue weighted by Gasteiger charge is 1.97. The summed E-state index contributed by atoms with van der Waals surface area (Å²) in [6, 6.07) is 7.74. The molecular formula is C12H16N2. The molecule has 2 N–H and O–H groups in total. The first-order valence-electron chi connectivity index (χ1n) is 4.67. The van der Waals surface area contributed by atoms with Crippen molar-refractivity contribution in [3.8, 4) is 0 Å². The van der Waals surface area contributed by atoms with Crippen LogP contribution in [0.2, 0.25) is 0 Å². The molecular weight excluding hydrogens is 172 g/mol. The van der Waals surface area contributed by atoms with Crippen LogP contribution in [0.1, 0.15) is 26.3 Å². The molecule has 0 saturated carbocycles. The van der Waals surface area contributed by atoms with Crippen molar-refractivity contribution in [2.24, 2.45) is 4.99 Å². The van der Waals surface area contributed by atoms with E-state index in [1.54, 1.807) is 0 Å². The van der Waals surface area contributed by atoms with Gasteiger partial charge in [0.1, 0.15) is 0 Å². The van der Waals surface area contributed by atoms with E-state index < -0.39 is 0 Å². The Hall–Kier alpha value is -1.57. The first kappa shape index (κ1) is 10.5. The van der Waals surface area contributed by atoms with Crippen LogP contribution in [0.25, 0.3) is 5.70 Å². The smallest absolute Gasteiger partial charge is 0.0658 e. The summed E-state index contributed by atoms with van der Waals surface area (Å²) < 4.78 is 0. The zero-order valence-corrected chi connectivity index (χ0v) is 8.91. The van der Waals surface area contributed by atoms with E-state index in [0.29, 0.717) is 0 Å². The minimum absolute atomic E-state index is 0.779. The summed E-state index contributed by atoms with van der Waals surface area (Å²) in [7, 11) is 0. The number of rotatable bonds is 2. The largest absolute Gasteiger partial charge is 0.399 e. The van der Waals surface area contributed by atoms with Gasteiger partial charge in [-0.25, -0.2) is 0 Å². The fraction of sp³-hybridized carbons (Fsp3) is 0.250. The van der Waals surface area contributed by atoms with Crippen LogP contribution in [0, 0.1) is 0 Å². The minimum Gasteiger partial charge on any atom is -0.399 e. The molecule has 0 amide bonds. The molecule has 0 fully saturated rings. The van der Waals surface area contributed by atoms with Gasteiger partial charge in [-0.05, 0) is 38.5 Å². The third kappa shape index (κ3) is 2.73. The lowest BCUT2D eigenvalue weighted by atomic mass is 10.1. The Kier molecular flexibility index (Phi) is 3.46. The maximum Gasteiger partial charge on any atom is 0.0658 e. The standard InChI is InChI=1S/C12H16N2/c1-4-12(14-9(2)3)10-5-7-11(13)8-6-10/h4-8H,13H2,1-3H3.